The number of hydrogen-bond acceptors (Lipinski definition) is 5. The van der Waals surface area contributed by atoms with Gasteiger partial charge in [0.05, 0.1) is 22.0 Å². The molecule has 0 amide bonds. The molecule has 0 radical (unpaired) electrons. The molecule has 7 heteroatoms. The summed E-state index contributed by atoms with van der Waals surface area (Å²) in [6, 6.07) is 0. The van der Waals surface area contributed by atoms with E-state index in [2.05, 4.69) is 12.2 Å². The van der Waals surface area contributed by atoms with E-state index in [9.17, 15) is 18.1 Å². The number of aliphatic hydroxyl groups excluding tert-OH is 1. The second kappa shape index (κ2) is 16.3. The van der Waals surface area contributed by atoms with Crippen molar-refractivity contribution in [3.05, 3.63) is 0 Å². The van der Waals surface area contributed by atoms with Crippen LogP contribution in [0.3, 0.4) is 0 Å². The molecule has 2 N–H and O–H groups in total. The van der Waals surface area contributed by atoms with Crippen LogP contribution in [0.5, 0.6) is 0 Å². The van der Waals surface area contributed by atoms with Gasteiger partial charge in [-0.05, 0) is 6.42 Å². The van der Waals surface area contributed by atoms with Gasteiger partial charge in [-0.25, -0.2) is 8.42 Å². The van der Waals surface area contributed by atoms with Gasteiger partial charge in [-0.15, -0.1) is 0 Å². The summed E-state index contributed by atoms with van der Waals surface area (Å²) < 4.78 is 31.1. The minimum absolute atomic E-state index is 0. The first-order chi connectivity index (χ1) is 9.45. The molecule has 0 heterocycles. The third kappa shape index (κ3) is 21.5. The molecule has 0 aliphatic heterocycles. The first-order valence-corrected chi connectivity index (χ1v) is 9.35. The molecule has 0 aromatic carbocycles. The second-order valence-electron chi connectivity index (χ2n) is 5.38. The smallest absolute Gasteiger partial charge is 0.748 e. The molecular formula is C14H30KNO4S. The van der Waals surface area contributed by atoms with Gasteiger partial charge >= 0.3 is 51.4 Å². The largest absolute Gasteiger partial charge is 1.00 e. The van der Waals surface area contributed by atoms with Crippen LogP contribution in [0.25, 0.3) is 0 Å². The first-order valence-electron chi connectivity index (χ1n) is 7.78. The van der Waals surface area contributed by atoms with Crippen LogP contribution in [0, 0.1) is 0 Å². The SMILES string of the molecule is CCCCCCCCCCC(O)CNCCS(=O)(=O)[O-].[K+]. The van der Waals surface area contributed by atoms with Gasteiger partial charge in [0.1, 0.15) is 0 Å². The molecule has 0 rings (SSSR count). The van der Waals surface area contributed by atoms with Gasteiger partial charge < -0.3 is 15.0 Å². The van der Waals surface area contributed by atoms with E-state index in [1.165, 1.54) is 38.5 Å². The van der Waals surface area contributed by atoms with Crippen LogP contribution in [0.1, 0.15) is 64.7 Å². The summed E-state index contributed by atoms with van der Waals surface area (Å²) in [6.07, 6.45) is 10.1. The maximum atomic E-state index is 10.4. The van der Waals surface area contributed by atoms with E-state index in [1.54, 1.807) is 0 Å². The maximum Gasteiger partial charge on any atom is 1.00 e. The third-order valence-corrected chi connectivity index (χ3v) is 4.00. The Morgan fingerprint density at radius 1 is 1.05 bits per heavy atom. The minimum atomic E-state index is -4.15. The molecule has 0 saturated heterocycles. The molecule has 21 heavy (non-hydrogen) atoms. The number of hydrogen-bond donors (Lipinski definition) is 2. The van der Waals surface area contributed by atoms with Crippen molar-refractivity contribution in [2.45, 2.75) is 70.8 Å². The fraction of sp³-hybridized carbons (Fsp3) is 1.00. The van der Waals surface area contributed by atoms with E-state index in [0.29, 0.717) is 6.54 Å². The average molecular weight is 348 g/mol. The number of unbranched alkanes of at least 4 members (excludes halogenated alkanes) is 7. The van der Waals surface area contributed by atoms with Crippen LogP contribution in [0.4, 0.5) is 0 Å². The van der Waals surface area contributed by atoms with Gasteiger partial charge in [0.2, 0.25) is 0 Å². The van der Waals surface area contributed by atoms with Crippen LogP contribution < -0.4 is 56.7 Å². The van der Waals surface area contributed by atoms with Crippen molar-refractivity contribution in [1.29, 1.82) is 0 Å². The second-order valence-corrected chi connectivity index (χ2v) is 6.91. The molecule has 0 aromatic rings. The van der Waals surface area contributed by atoms with Crippen molar-refractivity contribution in [3.8, 4) is 0 Å². The van der Waals surface area contributed by atoms with Crippen molar-refractivity contribution in [2.24, 2.45) is 0 Å². The van der Waals surface area contributed by atoms with Crippen LogP contribution in [-0.2, 0) is 10.1 Å². The van der Waals surface area contributed by atoms with E-state index in [-0.39, 0.29) is 57.9 Å². The Hall–Kier alpha value is 1.47. The Labute approximate surface area is 172 Å². The summed E-state index contributed by atoms with van der Waals surface area (Å²) in [7, 11) is -4.15. The van der Waals surface area contributed by atoms with Crippen molar-refractivity contribution < 1.29 is 69.5 Å². The van der Waals surface area contributed by atoms with E-state index in [4.69, 9.17) is 0 Å². The van der Waals surface area contributed by atoms with Crippen LogP contribution >= 0.6 is 0 Å². The van der Waals surface area contributed by atoms with Crippen molar-refractivity contribution in [3.63, 3.8) is 0 Å². The van der Waals surface area contributed by atoms with Gasteiger partial charge in [-0.1, -0.05) is 58.3 Å². The third-order valence-electron chi connectivity index (χ3n) is 3.30. The van der Waals surface area contributed by atoms with E-state index in [0.717, 1.165) is 19.3 Å². The standard InChI is InChI=1S/C14H31NO4S.K/c1-2-3-4-5-6-7-8-9-10-14(16)13-15-11-12-20(17,18)19;/h14-16H,2-13H2,1H3,(H,17,18,19);/q;+1/p-1. The molecular weight excluding hydrogens is 317 g/mol. The molecule has 0 saturated carbocycles. The number of rotatable bonds is 14. The van der Waals surface area contributed by atoms with Gasteiger partial charge in [-0.3, -0.25) is 0 Å². The maximum absolute atomic E-state index is 10.4. The zero-order valence-electron chi connectivity index (χ0n) is 13.6. The molecule has 0 fully saturated rings. The van der Waals surface area contributed by atoms with Gasteiger partial charge in [0, 0.05) is 13.1 Å². The van der Waals surface area contributed by atoms with Gasteiger partial charge in [0.25, 0.3) is 0 Å². The van der Waals surface area contributed by atoms with Gasteiger partial charge in [-0.2, -0.15) is 0 Å². The van der Waals surface area contributed by atoms with Gasteiger partial charge in [0.15, 0.2) is 0 Å². The Balaban J connectivity index is 0. The molecule has 5 nitrogen and oxygen atoms in total. The summed E-state index contributed by atoms with van der Waals surface area (Å²) in [5.74, 6) is -0.419. The Morgan fingerprint density at radius 2 is 1.57 bits per heavy atom. The molecule has 1 unspecified atom stereocenters. The van der Waals surface area contributed by atoms with E-state index in [1.807, 2.05) is 0 Å². The predicted octanol–water partition coefficient (Wildman–Crippen LogP) is -0.983. The Kier molecular flexibility index (Phi) is 19.2. The average Bonchev–Trinajstić information content (AvgIpc) is 2.37. The van der Waals surface area contributed by atoms with Crippen molar-refractivity contribution >= 4 is 10.1 Å². The quantitative estimate of drug-likeness (QED) is 0.239. The zero-order chi connectivity index (χ0) is 15.3. The first kappa shape index (κ1) is 24.7. The van der Waals surface area contributed by atoms with Crippen molar-refractivity contribution in [1.82, 2.24) is 5.32 Å². The molecule has 1 atom stereocenters. The summed E-state index contributed by atoms with van der Waals surface area (Å²) in [5, 5.41) is 12.4. The fourth-order valence-electron chi connectivity index (χ4n) is 2.08. The summed E-state index contributed by atoms with van der Waals surface area (Å²) >= 11 is 0. The summed E-state index contributed by atoms with van der Waals surface area (Å²) in [4.78, 5) is 0. The zero-order valence-corrected chi connectivity index (χ0v) is 17.6. The summed E-state index contributed by atoms with van der Waals surface area (Å²) in [6.45, 7) is 2.67. The topological polar surface area (TPSA) is 89.5 Å². The number of aliphatic hydroxyl groups is 1. The monoisotopic (exact) mass is 347 g/mol. The van der Waals surface area contributed by atoms with E-state index < -0.39 is 22.0 Å². The van der Waals surface area contributed by atoms with Crippen LogP contribution in [-0.4, -0.2) is 43.0 Å². The van der Waals surface area contributed by atoms with Crippen molar-refractivity contribution in [2.75, 3.05) is 18.8 Å². The molecule has 0 aliphatic rings. The molecule has 0 aliphatic carbocycles. The van der Waals surface area contributed by atoms with Crippen LogP contribution in [0.2, 0.25) is 0 Å². The van der Waals surface area contributed by atoms with E-state index >= 15 is 0 Å². The summed E-state index contributed by atoms with van der Waals surface area (Å²) in [5.41, 5.74) is 0. The normalized spacial score (nSPS) is 12.9. The van der Waals surface area contributed by atoms with Crippen LogP contribution in [0.15, 0.2) is 0 Å². The predicted molar refractivity (Wildman–Crippen MR) is 80.7 cm³/mol. The Bertz CT molecular complexity index is 312. The molecule has 0 spiro atoms. The Morgan fingerprint density at radius 3 is 2.10 bits per heavy atom. The minimum Gasteiger partial charge on any atom is -0.748 e. The fourth-order valence-corrected chi connectivity index (χ4v) is 2.48. The molecule has 0 aromatic heterocycles. The molecule has 122 valence electrons. The molecule has 0 bridgehead atoms. The number of nitrogens with one attached hydrogen (secondary N) is 1.